The highest BCUT2D eigenvalue weighted by molar-refractivity contribution is 6.05. The topological polar surface area (TPSA) is 77.2 Å². The summed E-state index contributed by atoms with van der Waals surface area (Å²) in [6, 6.07) is 10.5. The number of pyridine rings is 1. The van der Waals surface area contributed by atoms with Crippen molar-refractivity contribution in [1.82, 2.24) is 4.98 Å². The quantitative estimate of drug-likeness (QED) is 0.839. The van der Waals surface area contributed by atoms with Gasteiger partial charge in [0.15, 0.2) is 0 Å². The number of carbonyl (C=O) groups is 1. The number of nitrogens with zero attached hydrogens (tertiary/aromatic N) is 1. The first-order valence-electron chi connectivity index (χ1n) is 6.34. The van der Waals surface area contributed by atoms with Crippen molar-refractivity contribution >= 4 is 11.6 Å². The first-order valence-corrected chi connectivity index (χ1v) is 6.34. The van der Waals surface area contributed by atoms with Crippen LogP contribution in [0.15, 0.2) is 42.6 Å². The average Bonchev–Trinajstić information content (AvgIpc) is 2.54. The smallest absolute Gasteiger partial charge is 0.256 e. The number of nitrogens with two attached hydrogens (primary N) is 1. The van der Waals surface area contributed by atoms with E-state index in [1.165, 1.54) is 13.3 Å². The number of anilines is 1. The normalized spacial score (nSPS) is 9.43. The summed E-state index contributed by atoms with van der Waals surface area (Å²) in [5, 5.41) is 2.77. The largest absolute Gasteiger partial charge is 0.481 e. The van der Waals surface area contributed by atoms with Crippen molar-refractivity contribution in [2.24, 2.45) is 5.73 Å². The zero-order valence-corrected chi connectivity index (χ0v) is 11.6. The molecule has 5 nitrogen and oxygen atoms in total. The summed E-state index contributed by atoms with van der Waals surface area (Å²) < 4.78 is 4.97. The Balaban J connectivity index is 2.19. The third-order valence-electron chi connectivity index (χ3n) is 2.70. The van der Waals surface area contributed by atoms with Crippen molar-refractivity contribution in [2.45, 2.75) is 0 Å². The number of carbonyl (C=O) groups excluding carboxylic acids is 1. The van der Waals surface area contributed by atoms with Crippen LogP contribution in [0.4, 0.5) is 5.69 Å². The van der Waals surface area contributed by atoms with Crippen LogP contribution in [0.2, 0.25) is 0 Å². The van der Waals surface area contributed by atoms with Crippen molar-refractivity contribution in [3.05, 3.63) is 53.7 Å². The van der Waals surface area contributed by atoms with Crippen LogP contribution >= 0.6 is 0 Å². The fraction of sp³-hybridized carbons (Fsp3) is 0.125. The van der Waals surface area contributed by atoms with E-state index in [0.29, 0.717) is 22.7 Å². The number of aromatic nitrogens is 1. The van der Waals surface area contributed by atoms with E-state index in [9.17, 15) is 4.79 Å². The summed E-state index contributed by atoms with van der Waals surface area (Å²) in [4.78, 5) is 16.3. The Bertz CT molecular complexity index is 685. The molecule has 106 valence electrons. The molecule has 1 heterocycles. The van der Waals surface area contributed by atoms with Gasteiger partial charge >= 0.3 is 0 Å². The third-order valence-corrected chi connectivity index (χ3v) is 2.70. The molecule has 0 fully saturated rings. The van der Waals surface area contributed by atoms with Gasteiger partial charge in [0.1, 0.15) is 0 Å². The summed E-state index contributed by atoms with van der Waals surface area (Å²) >= 11 is 0. The molecule has 5 heteroatoms. The SMILES string of the molecule is COc1ccc(NC(=O)c2ccccc2C#CCN)cn1. The lowest BCUT2D eigenvalue weighted by atomic mass is 10.1. The summed E-state index contributed by atoms with van der Waals surface area (Å²) in [6.45, 7) is 0.248. The molecule has 3 N–H and O–H groups in total. The maximum absolute atomic E-state index is 12.3. The van der Waals surface area contributed by atoms with E-state index in [-0.39, 0.29) is 12.5 Å². The number of hydrogen-bond donors (Lipinski definition) is 2. The van der Waals surface area contributed by atoms with Crippen molar-refractivity contribution in [3.8, 4) is 17.7 Å². The van der Waals surface area contributed by atoms with Gasteiger partial charge in [-0.05, 0) is 18.2 Å². The van der Waals surface area contributed by atoms with E-state index < -0.39 is 0 Å². The molecule has 0 unspecified atom stereocenters. The maximum atomic E-state index is 12.3. The van der Waals surface area contributed by atoms with Gasteiger partial charge in [-0.15, -0.1) is 0 Å². The first-order chi connectivity index (χ1) is 10.2. The van der Waals surface area contributed by atoms with E-state index in [1.807, 2.05) is 6.07 Å². The van der Waals surface area contributed by atoms with Gasteiger partial charge < -0.3 is 15.8 Å². The zero-order valence-electron chi connectivity index (χ0n) is 11.6. The second-order valence-corrected chi connectivity index (χ2v) is 4.09. The Morgan fingerprint density at radius 3 is 2.81 bits per heavy atom. The highest BCUT2D eigenvalue weighted by Crippen LogP contribution is 2.14. The molecule has 2 aromatic rings. The second-order valence-electron chi connectivity index (χ2n) is 4.09. The van der Waals surface area contributed by atoms with Crippen LogP contribution in [-0.4, -0.2) is 24.5 Å². The number of nitrogens with one attached hydrogen (secondary N) is 1. The number of ether oxygens (including phenoxy) is 1. The third kappa shape index (κ3) is 3.81. The summed E-state index contributed by atoms with van der Waals surface area (Å²) in [5.74, 6) is 5.88. The van der Waals surface area contributed by atoms with Crippen LogP contribution in [0.1, 0.15) is 15.9 Å². The highest BCUT2D eigenvalue weighted by atomic mass is 16.5. The lowest BCUT2D eigenvalue weighted by Crippen LogP contribution is -2.13. The van der Waals surface area contributed by atoms with Crippen LogP contribution in [0.3, 0.4) is 0 Å². The zero-order chi connectivity index (χ0) is 15.1. The molecule has 0 radical (unpaired) electrons. The van der Waals surface area contributed by atoms with E-state index in [1.54, 1.807) is 30.3 Å². The Hall–Kier alpha value is -2.84. The fourth-order valence-corrected chi connectivity index (χ4v) is 1.71. The monoisotopic (exact) mass is 281 g/mol. The summed E-state index contributed by atoms with van der Waals surface area (Å²) in [6.07, 6.45) is 1.53. The maximum Gasteiger partial charge on any atom is 0.256 e. The molecule has 0 spiro atoms. The Labute approximate surface area is 123 Å². The van der Waals surface area contributed by atoms with Gasteiger partial charge in [0.2, 0.25) is 5.88 Å². The molecule has 1 aromatic heterocycles. The van der Waals surface area contributed by atoms with Crippen molar-refractivity contribution in [3.63, 3.8) is 0 Å². The van der Waals surface area contributed by atoms with Crippen molar-refractivity contribution in [1.29, 1.82) is 0 Å². The van der Waals surface area contributed by atoms with Crippen LogP contribution in [0.5, 0.6) is 5.88 Å². The molecule has 0 saturated carbocycles. The standard InChI is InChI=1S/C16H15N3O2/c1-21-15-9-8-13(11-18-15)19-16(20)14-7-3-2-5-12(14)6-4-10-17/h2-3,5,7-9,11H,10,17H2,1H3,(H,19,20). The molecule has 0 aliphatic carbocycles. The highest BCUT2D eigenvalue weighted by Gasteiger charge is 2.10. The van der Waals surface area contributed by atoms with Gasteiger partial charge in [-0.1, -0.05) is 24.0 Å². The number of hydrogen-bond acceptors (Lipinski definition) is 4. The minimum absolute atomic E-state index is 0.246. The Morgan fingerprint density at radius 1 is 1.33 bits per heavy atom. The van der Waals surface area contributed by atoms with E-state index >= 15 is 0 Å². The summed E-state index contributed by atoms with van der Waals surface area (Å²) in [7, 11) is 1.53. The average molecular weight is 281 g/mol. The molecule has 0 aliphatic rings. The fourth-order valence-electron chi connectivity index (χ4n) is 1.71. The number of benzene rings is 1. The minimum Gasteiger partial charge on any atom is -0.481 e. The molecular weight excluding hydrogens is 266 g/mol. The number of amides is 1. The Morgan fingerprint density at radius 2 is 2.14 bits per heavy atom. The molecule has 1 aromatic carbocycles. The first kappa shape index (κ1) is 14.6. The molecule has 0 bridgehead atoms. The van der Waals surface area contributed by atoms with E-state index in [2.05, 4.69) is 22.1 Å². The number of methoxy groups -OCH3 is 1. The van der Waals surface area contributed by atoms with Crippen LogP contribution in [0.25, 0.3) is 0 Å². The van der Waals surface area contributed by atoms with Crippen LogP contribution < -0.4 is 15.8 Å². The van der Waals surface area contributed by atoms with Gasteiger partial charge in [0.25, 0.3) is 5.91 Å². The summed E-state index contributed by atoms with van der Waals surface area (Å²) in [5.41, 5.74) is 7.08. The van der Waals surface area contributed by atoms with Gasteiger partial charge in [-0.25, -0.2) is 4.98 Å². The lowest BCUT2D eigenvalue weighted by Gasteiger charge is -2.07. The molecule has 0 aliphatic heterocycles. The minimum atomic E-state index is -0.246. The predicted octanol–water partition coefficient (Wildman–Crippen LogP) is 1.65. The molecule has 2 rings (SSSR count). The molecular formula is C16H15N3O2. The van der Waals surface area contributed by atoms with Crippen LogP contribution in [0, 0.1) is 11.8 Å². The van der Waals surface area contributed by atoms with E-state index in [0.717, 1.165) is 0 Å². The van der Waals surface area contributed by atoms with Gasteiger partial charge in [0.05, 0.1) is 31.1 Å². The van der Waals surface area contributed by atoms with Crippen molar-refractivity contribution < 1.29 is 9.53 Å². The molecule has 1 amide bonds. The van der Waals surface area contributed by atoms with Crippen molar-refractivity contribution in [2.75, 3.05) is 19.0 Å². The number of rotatable bonds is 3. The Kier molecular flexibility index (Phi) is 4.91. The predicted molar refractivity (Wildman–Crippen MR) is 81.1 cm³/mol. The lowest BCUT2D eigenvalue weighted by molar-refractivity contribution is 0.102. The van der Waals surface area contributed by atoms with Gasteiger partial charge in [-0.2, -0.15) is 0 Å². The van der Waals surface area contributed by atoms with E-state index in [4.69, 9.17) is 10.5 Å². The van der Waals surface area contributed by atoms with Crippen LogP contribution in [-0.2, 0) is 0 Å². The second kappa shape index (κ2) is 7.08. The van der Waals surface area contributed by atoms with Gasteiger partial charge in [0, 0.05) is 11.6 Å². The molecule has 0 saturated heterocycles. The molecule has 0 atom stereocenters. The molecule has 21 heavy (non-hydrogen) atoms. The van der Waals surface area contributed by atoms with Gasteiger partial charge in [-0.3, -0.25) is 4.79 Å².